The third kappa shape index (κ3) is 3.72. The van der Waals surface area contributed by atoms with E-state index in [1.165, 1.54) is 0 Å². The Morgan fingerprint density at radius 2 is 1.71 bits per heavy atom. The second-order valence-corrected chi connectivity index (χ2v) is 6.35. The van der Waals surface area contributed by atoms with Gasteiger partial charge in [-0.3, -0.25) is 19.4 Å². The standard InChI is InChI=1S/C17H22N4O3/c1-12(22)20-6-8-21(9-7-20)17(24)15-10-14(15)16(23)19-11-13-2-4-18-5-3-13/h2-5,14-15H,6-11H2,1H3,(H,19,23). The molecule has 3 rings (SSSR count). The first kappa shape index (κ1) is 16.4. The van der Waals surface area contributed by atoms with Gasteiger partial charge in [-0.1, -0.05) is 0 Å². The zero-order valence-electron chi connectivity index (χ0n) is 13.8. The van der Waals surface area contributed by atoms with Crippen LogP contribution in [0.5, 0.6) is 0 Å². The molecule has 1 N–H and O–H groups in total. The molecule has 3 amide bonds. The second kappa shape index (κ2) is 6.98. The third-order valence-electron chi connectivity index (χ3n) is 4.70. The van der Waals surface area contributed by atoms with Crippen molar-refractivity contribution in [3.63, 3.8) is 0 Å². The molecule has 2 aliphatic rings. The highest BCUT2D eigenvalue weighted by atomic mass is 16.2. The first-order valence-electron chi connectivity index (χ1n) is 8.27. The second-order valence-electron chi connectivity index (χ2n) is 6.35. The molecule has 1 aliphatic carbocycles. The minimum absolute atomic E-state index is 0.0434. The maximum atomic E-state index is 12.5. The maximum Gasteiger partial charge on any atom is 0.226 e. The molecule has 128 valence electrons. The normalized spacial score (nSPS) is 22.9. The summed E-state index contributed by atoms with van der Waals surface area (Å²) in [6.45, 7) is 4.26. The molecule has 1 aliphatic heterocycles. The molecule has 1 aromatic rings. The molecule has 2 atom stereocenters. The van der Waals surface area contributed by atoms with Crippen LogP contribution in [0.2, 0.25) is 0 Å². The molecule has 2 fully saturated rings. The van der Waals surface area contributed by atoms with Gasteiger partial charge in [0.1, 0.15) is 0 Å². The van der Waals surface area contributed by atoms with Crippen LogP contribution in [-0.2, 0) is 20.9 Å². The molecule has 2 heterocycles. The summed E-state index contributed by atoms with van der Waals surface area (Å²) in [4.78, 5) is 43.4. The van der Waals surface area contributed by atoms with Crippen molar-refractivity contribution in [2.24, 2.45) is 11.8 Å². The number of nitrogens with zero attached hydrogens (tertiary/aromatic N) is 3. The van der Waals surface area contributed by atoms with Crippen LogP contribution < -0.4 is 5.32 Å². The lowest BCUT2D eigenvalue weighted by atomic mass is 10.2. The summed E-state index contributed by atoms with van der Waals surface area (Å²) >= 11 is 0. The molecule has 0 bridgehead atoms. The largest absolute Gasteiger partial charge is 0.352 e. The monoisotopic (exact) mass is 330 g/mol. The van der Waals surface area contributed by atoms with Gasteiger partial charge in [0.15, 0.2) is 0 Å². The molecule has 7 nitrogen and oxygen atoms in total. The van der Waals surface area contributed by atoms with Crippen molar-refractivity contribution in [2.45, 2.75) is 19.9 Å². The SMILES string of the molecule is CC(=O)N1CCN(C(=O)C2CC2C(=O)NCc2ccncc2)CC1. The highest BCUT2D eigenvalue weighted by Crippen LogP contribution is 2.40. The molecule has 24 heavy (non-hydrogen) atoms. The van der Waals surface area contributed by atoms with Gasteiger partial charge in [0.25, 0.3) is 0 Å². The van der Waals surface area contributed by atoms with Gasteiger partial charge in [0.05, 0.1) is 11.8 Å². The Hall–Kier alpha value is -2.44. The van der Waals surface area contributed by atoms with Gasteiger partial charge in [-0.15, -0.1) is 0 Å². The van der Waals surface area contributed by atoms with Gasteiger partial charge in [-0.2, -0.15) is 0 Å². The molecule has 0 radical (unpaired) electrons. The predicted molar refractivity (Wildman–Crippen MR) is 86.5 cm³/mol. The van der Waals surface area contributed by atoms with E-state index in [0.29, 0.717) is 39.1 Å². The summed E-state index contributed by atoms with van der Waals surface area (Å²) in [6, 6.07) is 3.70. The van der Waals surface area contributed by atoms with Gasteiger partial charge in [0.2, 0.25) is 17.7 Å². The van der Waals surface area contributed by atoms with E-state index in [2.05, 4.69) is 10.3 Å². The van der Waals surface area contributed by atoms with Crippen molar-refractivity contribution >= 4 is 17.7 Å². The molecule has 0 spiro atoms. The summed E-state index contributed by atoms with van der Waals surface area (Å²) in [7, 11) is 0. The Bertz CT molecular complexity index is 626. The molecule has 0 aromatic carbocycles. The van der Waals surface area contributed by atoms with E-state index in [1.54, 1.807) is 29.1 Å². The molecular weight excluding hydrogens is 308 g/mol. The van der Waals surface area contributed by atoms with E-state index in [1.807, 2.05) is 12.1 Å². The van der Waals surface area contributed by atoms with E-state index >= 15 is 0 Å². The van der Waals surface area contributed by atoms with Crippen molar-refractivity contribution in [3.8, 4) is 0 Å². The van der Waals surface area contributed by atoms with E-state index in [9.17, 15) is 14.4 Å². The van der Waals surface area contributed by atoms with Crippen LogP contribution in [0.4, 0.5) is 0 Å². The van der Waals surface area contributed by atoms with Crippen molar-refractivity contribution < 1.29 is 14.4 Å². The topological polar surface area (TPSA) is 82.6 Å². The smallest absolute Gasteiger partial charge is 0.226 e. The van der Waals surface area contributed by atoms with E-state index in [-0.39, 0.29) is 29.6 Å². The van der Waals surface area contributed by atoms with Crippen LogP contribution in [0.25, 0.3) is 0 Å². The quantitative estimate of drug-likeness (QED) is 0.844. The van der Waals surface area contributed by atoms with Crippen molar-refractivity contribution in [1.82, 2.24) is 20.1 Å². The fourth-order valence-corrected chi connectivity index (χ4v) is 3.05. The van der Waals surface area contributed by atoms with Crippen LogP contribution in [0.3, 0.4) is 0 Å². The molecule has 2 unspecified atom stereocenters. The van der Waals surface area contributed by atoms with Crippen molar-refractivity contribution in [2.75, 3.05) is 26.2 Å². The number of hydrogen-bond donors (Lipinski definition) is 1. The highest BCUT2D eigenvalue weighted by molar-refractivity contribution is 5.92. The number of pyridine rings is 1. The third-order valence-corrected chi connectivity index (χ3v) is 4.70. The number of nitrogens with one attached hydrogen (secondary N) is 1. The average Bonchev–Trinajstić information content (AvgIpc) is 3.41. The van der Waals surface area contributed by atoms with Crippen LogP contribution >= 0.6 is 0 Å². The average molecular weight is 330 g/mol. The minimum atomic E-state index is -0.217. The number of rotatable bonds is 4. The number of carbonyl (C=O) groups excluding carboxylic acids is 3. The Labute approximate surface area is 141 Å². The zero-order chi connectivity index (χ0) is 17.1. The number of hydrogen-bond acceptors (Lipinski definition) is 4. The summed E-state index contributed by atoms with van der Waals surface area (Å²) in [5, 5.41) is 2.88. The highest BCUT2D eigenvalue weighted by Gasteiger charge is 2.49. The lowest BCUT2D eigenvalue weighted by molar-refractivity contribution is -0.140. The Morgan fingerprint density at radius 1 is 1.08 bits per heavy atom. The molecule has 1 saturated carbocycles. The molecule has 1 aromatic heterocycles. The van der Waals surface area contributed by atoms with Crippen LogP contribution in [-0.4, -0.2) is 58.7 Å². The lowest BCUT2D eigenvalue weighted by Gasteiger charge is -2.34. The van der Waals surface area contributed by atoms with Crippen LogP contribution in [0.1, 0.15) is 18.9 Å². The van der Waals surface area contributed by atoms with Crippen molar-refractivity contribution in [1.29, 1.82) is 0 Å². The first-order chi connectivity index (χ1) is 11.6. The van der Waals surface area contributed by atoms with Gasteiger partial charge in [-0.05, 0) is 24.1 Å². The van der Waals surface area contributed by atoms with E-state index in [0.717, 1.165) is 5.56 Å². The fraction of sp³-hybridized carbons (Fsp3) is 0.529. The van der Waals surface area contributed by atoms with Crippen LogP contribution in [0, 0.1) is 11.8 Å². The molecule has 7 heteroatoms. The predicted octanol–water partition coefficient (Wildman–Crippen LogP) is 0.0246. The molecule has 1 saturated heterocycles. The summed E-state index contributed by atoms with van der Waals surface area (Å²) in [6.07, 6.45) is 3.99. The van der Waals surface area contributed by atoms with Gasteiger partial charge < -0.3 is 15.1 Å². The maximum absolute atomic E-state index is 12.5. The number of carbonyl (C=O) groups is 3. The first-order valence-corrected chi connectivity index (χ1v) is 8.27. The van der Waals surface area contributed by atoms with Crippen molar-refractivity contribution in [3.05, 3.63) is 30.1 Å². The van der Waals surface area contributed by atoms with Gasteiger partial charge >= 0.3 is 0 Å². The minimum Gasteiger partial charge on any atom is -0.352 e. The van der Waals surface area contributed by atoms with Crippen LogP contribution in [0.15, 0.2) is 24.5 Å². The lowest BCUT2D eigenvalue weighted by Crippen LogP contribution is -2.50. The summed E-state index contributed by atoms with van der Waals surface area (Å²) < 4.78 is 0. The number of aromatic nitrogens is 1. The Kier molecular flexibility index (Phi) is 4.78. The zero-order valence-corrected chi connectivity index (χ0v) is 13.8. The summed E-state index contributed by atoms with van der Waals surface area (Å²) in [5.74, 6) is -0.395. The van der Waals surface area contributed by atoms with E-state index < -0.39 is 0 Å². The Balaban J connectivity index is 1.44. The van der Waals surface area contributed by atoms with Gasteiger partial charge in [-0.25, -0.2) is 0 Å². The molecular formula is C17H22N4O3. The fourth-order valence-electron chi connectivity index (χ4n) is 3.05. The summed E-state index contributed by atoms with van der Waals surface area (Å²) in [5.41, 5.74) is 0.988. The Morgan fingerprint density at radius 3 is 2.33 bits per heavy atom. The number of piperazine rings is 1. The number of amides is 3. The van der Waals surface area contributed by atoms with Gasteiger partial charge in [0, 0.05) is 52.0 Å². The van der Waals surface area contributed by atoms with E-state index in [4.69, 9.17) is 0 Å².